The van der Waals surface area contributed by atoms with Gasteiger partial charge in [0.15, 0.2) is 5.65 Å². The van der Waals surface area contributed by atoms with E-state index in [1.165, 1.54) is 18.3 Å². The molecule has 3 heterocycles. The molecule has 0 unspecified atom stereocenters. The molecule has 2 N–H and O–H groups in total. The Labute approximate surface area is 148 Å². The SMILES string of the molecule is Cc1ccncc1NC(=O)c1ccnc2nc(-c3cccc(F)c3)[nH]c12. The van der Waals surface area contributed by atoms with Gasteiger partial charge in [-0.1, -0.05) is 12.1 Å². The number of anilines is 1. The Morgan fingerprint density at radius 3 is 2.88 bits per heavy atom. The van der Waals surface area contributed by atoms with Gasteiger partial charge in [0.2, 0.25) is 0 Å². The second-order valence-electron chi connectivity index (χ2n) is 5.80. The molecule has 7 heteroatoms. The van der Waals surface area contributed by atoms with Crippen LogP contribution in [0.5, 0.6) is 0 Å². The van der Waals surface area contributed by atoms with E-state index in [0.717, 1.165) is 5.56 Å². The Kier molecular flexibility index (Phi) is 3.89. The van der Waals surface area contributed by atoms with E-state index in [4.69, 9.17) is 0 Å². The van der Waals surface area contributed by atoms with Crippen molar-refractivity contribution in [1.29, 1.82) is 0 Å². The van der Waals surface area contributed by atoms with Crippen molar-refractivity contribution < 1.29 is 9.18 Å². The fourth-order valence-corrected chi connectivity index (χ4v) is 2.66. The largest absolute Gasteiger partial charge is 0.336 e. The van der Waals surface area contributed by atoms with Crippen LogP contribution in [0.3, 0.4) is 0 Å². The van der Waals surface area contributed by atoms with E-state index in [1.54, 1.807) is 30.6 Å². The van der Waals surface area contributed by atoms with Crippen LogP contribution in [0.1, 0.15) is 15.9 Å². The third-order valence-electron chi connectivity index (χ3n) is 4.02. The summed E-state index contributed by atoms with van der Waals surface area (Å²) in [4.78, 5) is 28.4. The van der Waals surface area contributed by atoms with Gasteiger partial charge in [-0.05, 0) is 36.8 Å². The molecule has 0 spiro atoms. The van der Waals surface area contributed by atoms with Crippen LogP contribution in [0.2, 0.25) is 0 Å². The highest BCUT2D eigenvalue weighted by molar-refractivity contribution is 6.11. The first-order chi connectivity index (χ1) is 12.6. The molecule has 0 fully saturated rings. The van der Waals surface area contributed by atoms with Gasteiger partial charge in [0.25, 0.3) is 5.91 Å². The predicted octanol–water partition coefficient (Wildman–Crippen LogP) is 3.72. The Balaban J connectivity index is 1.74. The highest BCUT2D eigenvalue weighted by atomic mass is 19.1. The third kappa shape index (κ3) is 2.90. The van der Waals surface area contributed by atoms with Crippen LogP contribution in [0.4, 0.5) is 10.1 Å². The molecule has 0 aliphatic carbocycles. The maximum Gasteiger partial charge on any atom is 0.258 e. The maximum atomic E-state index is 13.5. The van der Waals surface area contributed by atoms with Crippen LogP contribution in [0.15, 0.2) is 55.0 Å². The topological polar surface area (TPSA) is 83.6 Å². The highest BCUT2D eigenvalue weighted by Gasteiger charge is 2.16. The van der Waals surface area contributed by atoms with Gasteiger partial charge in [-0.15, -0.1) is 0 Å². The predicted molar refractivity (Wildman–Crippen MR) is 96.2 cm³/mol. The molecule has 26 heavy (non-hydrogen) atoms. The van der Waals surface area contributed by atoms with Gasteiger partial charge in [0.1, 0.15) is 11.6 Å². The van der Waals surface area contributed by atoms with Crippen molar-refractivity contribution in [3.05, 3.63) is 71.9 Å². The molecule has 4 aromatic rings. The maximum absolute atomic E-state index is 13.5. The number of pyridine rings is 2. The summed E-state index contributed by atoms with van der Waals surface area (Å²) in [5, 5.41) is 2.84. The Morgan fingerprint density at radius 2 is 2.08 bits per heavy atom. The van der Waals surface area contributed by atoms with Crippen LogP contribution in [0.25, 0.3) is 22.6 Å². The number of nitrogens with zero attached hydrogens (tertiary/aromatic N) is 3. The summed E-state index contributed by atoms with van der Waals surface area (Å²) in [6.45, 7) is 1.89. The number of rotatable bonds is 3. The lowest BCUT2D eigenvalue weighted by Gasteiger charge is -2.07. The van der Waals surface area contributed by atoms with E-state index in [2.05, 4.69) is 25.3 Å². The molecule has 1 aromatic carbocycles. The zero-order valence-corrected chi connectivity index (χ0v) is 13.8. The Hall–Kier alpha value is -3.61. The van der Waals surface area contributed by atoms with Crippen molar-refractivity contribution >= 4 is 22.8 Å². The summed E-state index contributed by atoms with van der Waals surface area (Å²) in [5.74, 6) is -0.214. The number of carbonyl (C=O) groups is 1. The number of fused-ring (bicyclic) bond motifs is 1. The Bertz CT molecular complexity index is 1120. The van der Waals surface area contributed by atoms with Gasteiger partial charge >= 0.3 is 0 Å². The molecule has 0 aliphatic heterocycles. The minimum atomic E-state index is -0.360. The van der Waals surface area contributed by atoms with E-state index < -0.39 is 0 Å². The summed E-state index contributed by atoms with van der Waals surface area (Å²) in [7, 11) is 0. The van der Waals surface area contributed by atoms with E-state index in [-0.39, 0.29) is 11.7 Å². The van der Waals surface area contributed by atoms with E-state index >= 15 is 0 Å². The van der Waals surface area contributed by atoms with Crippen molar-refractivity contribution in [2.24, 2.45) is 0 Å². The average molecular weight is 347 g/mol. The number of H-pyrrole nitrogens is 1. The first kappa shape index (κ1) is 15.9. The number of hydrogen-bond donors (Lipinski definition) is 2. The Morgan fingerprint density at radius 1 is 1.19 bits per heavy atom. The van der Waals surface area contributed by atoms with E-state index in [9.17, 15) is 9.18 Å². The number of hydrogen-bond acceptors (Lipinski definition) is 4. The molecular weight excluding hydrogens is 333 g/mol. The lowest BCUT2D eigenvalue weighted by molar-refractivity contribution is 0.102. The monoisotopic (exact) mass is 347 g/mol. The molecule has 6 nitrogen and oxygen atoms in total. The van der Waals surface area contributed by atoms with Crippen molar-refractivity contribution in [1.82, 2.24) is 19.9 Å². The fraction of sp³-hybridized carbons (Fsp3) is 0.0526. The summed E-state index contributed by atoms with van der Waals surface area (Å²) in [5.41, 5.74) is 3.40. The van der Waals surface area contributed by atoms with Crippen LogP contribution in [-0.2, 0) is 0 Å². The minimum absolute atomic E-state index is 0.303. The van der Waals surface area contributed by atoms with Gasteiger partial charge in [0, 0.05) is 18.0 Å². The molecule has 0 radical (unpaired) electrons. The normalized spacial score (nSPS) is 10.8. The van der Waals surface area contributed by atoms with Gasteiger partial charge in [0.05, 0.1) is 23.0 Å². The van der Waals surface area contributed by atoms with Crippen LogP contribution < -0.4 is 5.32 Å². The van der Waals surface area contributed by atoms with Gasteiger partial charge in [-0.3, -0.25) is 9.78 Å². The van der Waals surface area contributed by atoms with Crippen molar-refractivity contribution in [3.63, 3.8) is 0 Å². The summed E-state index contributed by atoms with van der Waals surface area (Å²) in [6.07, 6.45) is 4.77. The number of amides is 1. The van der Waals surface area contributed by atoms with Gasteiger partial charge < -0.3 is 10.3 Å². The molecular formula is C19H14FN5O. The van der Waals surface area contributed by atoms with Crippen molar-refractivity contribution in [3.8, 4) is 11.4 Å². The average Bonchev–Trinajstić information content (AvgIpc) is 3.08. The summed E-state index contributed by atoms with van der Waals surface area (Å²) < 4.78 is 13.5. The van der Waals surface area contributed by atoms with E-state index in [0.29, 0.717) is 33.8 Å². The van der Waals surface area contributed by atoms with Gasteiger partial charge in [-0.25, -0.2) is 14.4 Å². The summed E-state index contributed by atoms with van der Waals surface area (Å²) in [6, 6.07) is 9.49. The number of nitrogens with one attached hydrogen (secondary N) is 2. The van der Waals surface area contributed by atoms with Crippen LogP contribution in [0, 0.1) is 12.7 Å². The molecule has 4 rings (SSSR count). The smallest absolute Gasteiger partial charge is 0.258 e. The van der Waals surface area contributed by atoms with E-state index in [1.807, 2.05) is 13.0 Å². The quantitative estimate of drug-likeness (QED) is 0.592. The highest BCUT2D eigenvalue weighted by Crippen LogP contribution is 2.23. The molecule has 3 aromatic heterocycles. The fourth-order valence-electron chi connectivity index (χ4n) is 2.66. The zero-order valence-electron chi connectivity index (χ0n) is 13.8. The number of benzene rings is 1. The zero-order chi connectivity index (χ0) is 18.1. The number of aromatic nitrogens is 4. The first-order valence-corrected chi connectivity index (χ1v) is 7.94. The molecule has 0 aliphatic rings. The lowest BCUT2D eigenvalue weighted by atomic mass is 10.2. The van der Waals surface area contributed by atoms with Crippen LogP contribution in [-0.4, -0.2) is 25.8 Å². The number of aryl methyl sites for hydroxylation is 1. The van der Waals surface area contributed by atoms with Gasteiger partial charge in [-0.2, -0.15) is 0 Å². The number of carbonyl (C=O) groups excluding carboxylic acids is 1. The lowest BCUT2D eigenvalue weighted by Crippen LogP contribution is -2.13. The molecule has 0 saturated heterocycles. The molecule has 128 valence electrons. The standard InChI is InChI=1S/C19H14FN5O/c1-11-5-7-21-10-15(11)23-19(26)14-6-8-22-18-16(14)24-17(25-18)12-3-2-4-13(20)9-12/h2-10H,1H3,(H,23,26)(H,22,24,25). The third-order valence-corrected chi connectivity index (χ3v) is 4.02. The molecule has 0 bridgehead atoms. The van der Waals surface area contributed by atoms with Crippen LogP contribution >= 0.6 is 0 Å². The minimum Gasteiger partial charge on any atom is -0.336 e. The first-order valence-electron chi connectivity index (χ1n) is 7.94. The second-order valence-corrected chi connectivity index (χ2v) is 5.80. The number of halogens is 1. The van der Waals surface area contributed by atoms with Crippen molar-refractivity contribution in [2.75, 3.05) is 5.32 Å². The van der Waals surface area contributed by atoms with Crippen molar-refractivity contribution in [2.45, 2.75) is 6.92 Å². The molecule has 0 saturated carbocycles. The molecule has 1 amide bonds. The second kappa shape index (κ2) is 6.36. The number of imidazole rings is 1. The summed E-state index contributed by atoms with van der Waals surface area (Å²) >= 11 is 0. The molecule has 0 atom stereocenters. The number of aromatic amines is 1.